The number of para-hydroxylation sites is 1. The summed E-state index contributed by atoms with van der Waals surface area (Å²) in [6.45, 7) is 0.748. The highest BCUT2D eigenvalue weighted by molar-refractivity contribution is 6.18. The fourth-order valence-electron chi connectivity index (χ4n) is 2.47. The van der Waals surface area contributed by atoms with Crippen molar-refractivity contribution >= 4 is 17.5 Å². The van der Waals surface area contributed by atoms with Crippen LogP contribution in [0.25, 0.3) is 0 Å². The highest BCUT2D eigenvalue weighted by atomic mass is 35.5. The van der Waals surface area contributed by atoms with Crippen molar-refractivity contribution in [3.05, 3.63) is 23.8 Å². The summed E-state index contributed by atoms with van der Waals surface area (Å²) >= 11 is 5.75. The van der Waals surface area contributed by atoms with Gasteiger partial charge in [-0.05, 0) is 12.0 Å². The minimum atomic E-state index is -3.65. The Bertz CT molecular complexity index is 552. The summed E-state index contributed by atoms with van der Waals surface area (Å²) in [7, 11) is 0. The standard InChI is InChI=1S/C13H12ClF2NO3/c14-5-8-4-11(18)17(6-8)7-9-2-1-3-10-12(9)20-13(15,16)19-10/h1-3,8H,4-7H2. The van der Waals surface area contributed by atoms with E-state index in [9.17, 15) is 13.6 Å². The second-order valence-corrected chi connectivity index (χ2v) is 5.22. The summed E-state index contributed by atoms with van der Waals surface area (Å²) in [6, 6.07) is 4.65. The van der Waals surface area contributed by atoms with Crippen molar-refractivity contribution in [1.29, 1.82) is 0 Å². The van der Waals surface area contributed by atoms with Crippen LogP contribution < -0.4 is 9.47 Å². The zero-order chi connectivity index (χ0) is 14.3. The normalized spacial score (nSPS) is 23.4. The highest BCUT2D eigenvalue weighted by Gasteiger charge is 2.44. The fraction of sp³-hybridized carbons (Fsp3) is 0.462. The van der Waals surface area contributed by atoms with Gasteiger partial charge in [-0.1, -0.05) is 12.1 Å². The lowest BCUT2D eigenvalue weighted by Crippen LogP contribution is -2.27. The average molecular weight is 304 g/mol. The molecule has 1 amide bonds. The molecular formula is C13H12ClF2NO3. The first-order valence-electron chi connectivity index (χ1n) is 6.20. The lowest BCUT2D eigenvalue weighted by atomic mass is 10.1. The van der Waals surface area contributed by atoms with Crippen molar-refractivity contribution in [3.8, 4) is 11.5 Å². The summed E-state index contributed by atoms with van der Waals surface area (Å²) in [5.74, 6) is 0.485. The van der Waals surface area contributed by atoms with Crippen LogP contribution in [0.1, 0.15) is 12.0 Å². The average Bonchev–Trinajstić information content (AvgIpc) is 2.89. The first kappa shape index (κ1) is 13.4. The first-order valence-corrected chi connectivity index (χ1v) is 6.73. The van der Waals surface area contributed by atoms with Crippen molar-refractivity contribution in [2.24, 2.45) is 5.92 Å². The Kier molecular flexibility index (Phi) is 3.20. The summed E-state index contributed by atoms with van der Waals surface area (Å²) in [6.07, 6.45) is -3.25. The number of alkyl halides is 3. The van der Waals surface area contributed by atoms with Gasteiger partial charge in [0.15, 0.2) is 11.5 Å². The number of ether oxygens (including phenoxy) is 2. The minimum Gasteiger partial charge on any atom is -0.395 e. The Morgan fingerprint density at radius 3 is 2.90 bits per heavy atom. The molecule has 0 saturated carbocycles. The van der Waals surface area contributed by atoms with Gasteiger partial charge in [-0.2, -0.15) is 0 Å². The molecule has 3 rings (SSSR count). The van der Waals surface area contributed by atoms with Gasteiger partial charge in [0.1, 0.15) is 0 Å². The van der Waals surface area contributed by atoms with Gasteiger partial charge in [-0.3, -0.25) is 4.79 Å². The fourth-order valence-corrected chi connectivity index (χ4v) is 2.67. The third-order valence-electron chi connectivity index (χ3n) is 3.38. The van der Waals surface area contributed by atoms with E-state index in [2.05, 4.69) is 9.47 Å². The lowest BCUT2D eigenvalue weighted by molar-refractivity contribution is -0.287. The molecule has 1 saturated heterocycles. The molecular weight excluding hydrogens is 292 g/mol. The maximum Gasteiger partial charge on any atom is 0.586 e. The SMILES string of the molecule is O=C1CC(CCl)CN1Cc1cccc2c1OC(F)(F)O2. The number of fused-ring (bicyclic) bond motifs is 1. The molecule has 1 unspecified atom stereocenters. The smallest absolute Gasteiger partial charge is 0.395 e. The highest BCUT2D eigenvalue weighted by Crippen LogP contribution is 2.43. The molecule has 1 aromatic rings. The van der Waals surface area contributed by atoms with Crippen LogP contribution in [-0.4, -0.2) is 29.5 Å². The first-order chi connectivity index (χ1) is 9.48. The number of likely N-dealkylation sites (tertiary alicyclic amines) is 1. The second kappa shape index (κ2) is 4.77. The molecule has 0 N–H and O–H groups in total. The van der Waals surface area contributed by atoms with Crippen molar-refractivity contribution in [2.45, 2.75) is 19.3 Å². The summed E-state index contributed by atoms with van der Waals surface area (Å²) in [5, 5.41) is 0. The predicted molar refractivity (Wildman–Crippen MR) is 66.9 cm³/mol. The van der Waals surface area contributed by atoms with E-state index in [0.717, 1.165) is 0 Å². The van der Waals surface area contributed by atoms with Crippen LogP contribution >= 0.6 is 11.6 Å². The van der Waals surface area contributed by atoms with Crippen LogP contribution in [0.15, 0.2) is 18.2 Å². The molecule has 0 radical (unpaired) electrons. The molecule has 0 aromatic heterocycles. The molecule has 0 aliphatic carbocycles. The Hall–Kier alpha value is -1.56. The number of amides is 1. The van der Waals surface area contributed by atoms with Gasteiger partial charge in [-0.15, -0.1) is 20.4 Å². The number of carbonyl (C=O) groups is 1. The van der Waals surface area contributed by atoms with E-state index in [0.29, 0.717) is 24.4 Å². The Morgan fingerprint density at radius 2 is 2.20 bits per heavy atom. The molecule has 2 heterocycles. The molecule has 2 aliphatic heterocycles. The van der Waals surface area contributed by atoms with E-state index in [1.165, 1.54) is 6.07 Å². The molecule has 4 nitrogen and oxygen atoms in total. The molecule has 7 heteroatoms. The number of nitrogens with zero attached hydrogens (tertiary/aromatic N) is 1. The second-order valence-electron chi connectivity index (χ2n) is 4.91. The summed E-state index contributed by atoms with van der Waals surface area (Å²) in [5.41, 5.74) is 0.503. The number of hydrogen-bond donors (Lipinski definition) is 0. The third-order valence-corrected chi connectivity index (χ3v) is 3.82. The largest absolute Gasteiger partial charge is 0.586 e. The third kappa shape index (κ3) is 2.40. The van der Waals surface area contributed by atoms with E-state index in [4.69, 9.17) is 11.6 Å². The monoisotopic (exact) mass is 303 g/mol. The predicted octanol–water partition coefficient (Wildman–Crippen LogP) is 2.60. The zero-order valence-electron chi connectivity index (χ0n) is 10.4. The van der Waals surface area contributed by atoms with E-state index < -0.39 is 6.29 Å². The van der Waals surface area contributed by atoms with Crippen LogP contribution in [0.3, 0.4) is 0 Å². The van der Waals surface area contributed by atoms with Gasteiger partial charge in [-0.25, -0.2) is 0 Å². The molecule has 0 spiro atoms. The van der Waals surface area contributed by atoms with Crippen molar-refractivity contribution < 1.29 is 23.0 Å². The van der Waals surface area contributed by atoms with Gasteiger partial charge in [0.05, 0.1) is 0 Å². The maximum absolute atomic E-state index is 13.1. The zero-order valence-corrected chi connectivity index (χ0v) is 11.2. The molecule has 20 heavy (non-hydrogen) atoms. The molecule has 1 atom stereocenters. The van der Waals surface area contributed by atoms with Gasteiger partial charge < -0.3 is 14.4 Å². The van der Waals surface area contributed by atoms with Crippen LogP contribution in [0.2, 0.25) is 0 Å². The van der Waals surface area contributed by atoms with Crippen LogP contribution in [0.4, 0.5) is 8.78 Å². The van der Waals surface area contributed by atoms with E-state index >= 15 is 0 Å². The topological polar surface area (TPSA) is 38.8 Å². The molecule has 1 aromatic carbocycles. The minimum absolute atomic E-state index is 0.000349. The Labute approximate surface area is 119 Å². The molecule has 0 bridgehead atoms. The van der Waals surface area contributed by atoms with Gasteiger partial charge in [0.25, 0.3) is 0 Å². The van der Waals surface area contributed by atoms with Crippen molar-refractivity contribution in [1.82, 2.24) is 4.90 Å². The van der Waals surface area contributed by atoms with Crippen LogP contribution in [0, 0.1) is 5.92 Å². The van der Waals surface area contributed by atoms with E-state index in [1.54, 1.807) is 17.0 Å². The summed E-state index contributed by atoms with van der Waals surface area (Å²) in [4.78, 5) is 13.4. The lowest BCUT2D eigenvalue weighted by Gasteiger charge is -2.17. The van der Waals surface area contributed by atoms with Gasteiger partial charge in [0.2, 0.25) is 5.91 Å². The van der Waals surface area contributed by atoms with Crippen molar-refractivity contribution in [3.63, 3.8) is 0 Å². The number of halogens is 3. The molecule has 1 fully saturated rings. The number of benzene rings is 1. The number of hydrogen-bond acceptors (Lipinski definition) is 3. The van der Waals surface area contributed by atoms with Crippen LogP contribution in [0.5, 0.6) is 11.5 Å². The molecule has 108 valence electrons. The number of rotatable bonds is 3. The Balaban J connectivity index is 1.80. The Morgan fingerprint density at radius 1 is 1.40 bits per heavy atom. The van der Waals surface area contributed by atoms with Gasteiger partial charge in [0, 0.05) is 31.0 Å². The van der Waals surface area contributed by atoms with E-state index in [-0.39, 0.29) is 29.9 Å². The van der Waals surface area contributed by atoms with Gasteiger partial charge >= 0.3 is 6.29 Å². The van der Waals surface area contributed by atoms with E-state index in [1.807, 2.05) is 0 Å². The maximum atomic E-state index is 13.1. The quantitative estimate of drug-likeness (QED) is 0.806. The van der Waals surface area contributed by atoms with Crippen LogP contribution in [-0.2, 0) is 11.3 Å². The number of carbonyl (C=O) groups excluding carboxylic acids is 1. The molecule has 2 aliphatic rings. The van der Waals surface area contributed by atoms with Crippen molar-refractivity contribution in [2.75, 3.05) is 12.4 Å². The summed E-state index contributed by atoms with van der Waals surface area (Å²) < 4.78 is 35.1.